The van der Waals surface area contributed by atoms with Crippen molar-refractivity contribution < 1.29 is 31.6 Å². The molecule has 3 heterocycles. The predicted molar refractivity (Wildman–Crippen MR) is 101 cm³/mol. The number of hydrogen-bond donors (Lipinski definition) is 1. The lowest BCUT2D eigenvalue weighted by Gasteiger charge is -2.21. The van der Waals surface area contributed by atoms with Crippen LogP contribution in [-0.2, 0) is 13.0 Å². The smallest absolute Gasteiger partial charge is 0.262 e. The van der Waals surface area contributed by atoms with E-state index in [1.165, 1.54) is 10.5 Å². The largest absolute Gasteiger partial charge is 1.00 e. The quantitative estimate of drug-likeness (QED) is 0.540. The maximum atomic E-state index is 13.4. The zero-order chi connectivity index (χ0) is 17.8. The third-order valence-corrected chi connectivity index (χ3v) is 5.71. The molecule has 0 spiro atoms. The molecule has 1 atom stereocenters. The molecule has 2 aliphatic rings. The summed E-state index contributed by atoms with van der Waals surface area (Å²) >= 11 is 3.47. The number of nitrogens with zero attached hydrogens (tertiary/aromatic N) is 1. The van der Waals surface area contributed by atoms with Crippen molar-refractivity contribution in [3.63, 3.8) is 0 Å². The first-order chi connectivity index (χ1) is 12.6. The predicted octanol–water partition coefficient (Wildman–Crippen LogP) is -0.604. The summed E-state index contributed by atoms with van der Waals surface area (Å²) in [5.74, 6) is 1.46. The average molecular weight is 450 g/mol. The molecular weight excluding hydrogens is 432 g/mol. The van der Waals surface area contributed by atoms with Gasteiger partial charge >= 0.3 is 0 Å². The average Bonchev–Trinajstić information content (AvgIpc) is 3.21. The van der Waals surface area contributed by atoms with Crippen LogP contribution in [0.5, 0.6) is 11.5 Å². The maximum Gasteiger partial charge on any atom is 0.262 e. The molecule has 7 heteroatoms. The van der Waals surface area contributed by atoms with E-state index < -0.39 is 0 Å². The van der Waals surface area contributed by atoms with Crippen molar-refractivity contribution in [3.8, 4) is 11.5 Å². The lowest BCUT2D eigenvalue weighted by Crippen LogP contribution is -3.08. The van der Waals surface area contributed by atoms with Gasteiger partial charge in [-0.1, -0.05) is 22.0 Å². The Kier molecular flexibility index (Phi) is 4.66. The number of quaternary nitrogens is 1. The van der Waals surface area contributed by atoms with E-state index in [1.54, 1.807) is 0 Å². The van der Waals surface area contributed by atoms with Gasteiger partial charge in [-0.3, -0.25) is 9.36 Å². The number of rotatable bonds is 1. The van der Waals surface area contributed by atoms with Crippen molar-refractivity contribution in [1.29, 1.82) is 0 Å². The summed E-state index contributed by atoms with van der Waals surface area (Å²) in [5, 5.41) is 1.09. The van der Waals surface area contributed by atoms with E-state index in [9.17, 15) is 4.79 Å². The van der Waals surface area contributed by atoms with Gasteiger partial charge in [0.05, 0.1) is 19.1 Å². The minimum atomic E-state index is -0.00373. The van der Waals surface area contributed by atoms with Crippen molar-refractivity contribution in [2.45, 2.75) is 13.0 Å². The number of halogens is 2. The molecule has 0 radical (unpaired) electrons. The highest BCUT2D eigenvalue weighted by molar-refractivity contribution is 9.10. The summed E-state index contributed by atoms with van der Waals surface area (Å²) in [6.07, 6.45) is 0.877. The maximum absolute atomic E-state index is 13.4. The molecule has 5 nitrogen and oxygen atoms in total. The fourth-order valence-corrected chi connectivity index (χ4v) is 4.36. The van der Waals surface area contributed by atoms with Crippen molar-refractivity contribution in [3.05, 3.63) is 57.7 Å². The number of fused-ring (bicyclic) bond motifs is 4. The van der Waals surface area contributed by atoms with Crippen LogP contribution in [0.1, 0.15) is 21.6 Å². The van der Waals surface area contributed by atoms with E-state index in [4.69, 9.17) is 9.47 Å². The highest BCUT2D eigenvalue weighted by Crippen LogP contribution is 2.40. The molecule has 1 N–H and O–H groups in total. The molecule has 2 aromatic carbocycles. The molecule has 1 aromatic heterocycles. The summed E-state index contributed by atoms with van der Waals surface area (Å²) in [6.45, 7) is 2.15. The Bertz CT molecular complexity index is 1060. The number of hydrogen-bond acceptors (Lipinski definition) is 3. The summed E-state index contributed by atoms with van der Waals surface area (Å²) in [5.41, 5.74) is 3.92. The molecule has 0 fully saturated rings. The topological polar surface area (TPSA) is 44.9 Å². The Morgan fingerprint density at radius 3 is 2.74 bits per heavy atom. The van der Waals surface area contributed by atoms with Gasteiger partial charge < -0.3 is 26.8 Å². The first-order valence-corrected chi connectivity index (χ1v) is 9.48. The van der Waals surface area contributed by atoms with Gasteiger partial charge in [-0.05, 0) is 24.3 Å². The Labute approximate surface area is 171 Å². The minimum absolute atomic E-state index is 0. The Morgan fingerprint density at radius 1 is 1.19 bits per heavy atom. The van der Waals surface area contributed by atoms with E-state index in [0.29, 0.717) is 11.3 Å². The molecule has 2 aliphatic heterocycles. The van der Waals surface area contributed by atoms with Gasteiger partial charge in [-0.15, -0.1) is 0 Å². The van der Waals surface area contributed by atoms with Crippen LogP contribution in [0.4, 0.5) is 0 Å². The molecule has 5 rings (SSSR count). The third kappa shape index (κ3) is 2.92. The number of ether oxygens (including phenoxy) is 2. The molecule has 3 aromatic rings. The summed E-state index contributed by atoms with van der Waals surface area (Å²) in [6, 6.07) is 11.5. The van der Waals surface area contributed by atoms with Crippen molar-refractivity contribution in [1.82, 2.24) is 4.57 Å². The van der Waals surface area contributed by atoms with Crippen LogP contribution in [0.2, 0.25) is 0 Å². The van der Waals surface area contributed by atoms with Gasteiger partial charge in [0.25, 0.3) is 5.91 Å². The van der Waals surface area contributed by atoms with E-state index in [1.807, 2.05) is 41.0 Å². The van der Waals surface area contributed by atoms with Crippen LogP contribution < -0.4 is 26.8 Å². The molecule has 0 aliphatic carbocycles. The monoisotopic (exact) mass is 448 g/mol. The molecular formula is C20H18BrClN2O3. The summed E-state index contributed by atoms with van der Waals surface area (Å²) < 4.78 is 13.9. The van der Waals surface area contributed by atoms with E-state index in [2.05, 4.69) is 23.0 Å². The number of benzene rings is 2. The first-order valence-electron chi connectivity index (χ1n) is 8.69. The standard InChI is InChI=1S/C20H17BrN2O3.ClH/c1-22-6-5-16-15(10-22)14-8-18-19(26-11-25-18)9-17(14)23(16)20(24)12-3-2-4-13(21)7-12;/h2-4,7-9H,5-6,10-11H2,1H3;1H. The zero-order valence-electron chi connectivity index (χ0n) is 14.7. The van der Waals surface area contributed by atoms with E-state index >= 15 is 0 Å². The second-order valence-electron chi connectivity index (χ2n) is 6.93. The van der Waals surface area contributed by atoms with Crippen molar-refractivity contribution in [2.75, 3.05) is 20.4 Å². The molecule has 0 bridgehead atoms. The number of likely N-dealkylation sites (N-methyl/N-ethyl adjacent to an activating group) is 1. The molecule has 0 saturated heterocycles. The number of carbonyl (C=O) groups excluding carboxylic acids is 1. The SMILES string of the molecule is C[NH+]1CCc2c(c3cc4c(cc3n2C(=O)c2cccc(Br)c2)OCO4)C1.[Cl-]. The fraction of sp³-hybridized carbons (Fsp3) is 0.250. The second kappa shape index (κ2) is 6.86. The Hall–Kier alpha value is -2.02. The van der Waals surface area contributed by atoms with Gasteiger partial charge in [-0.25, -0.2) is 0 Å². The molecule has 27 heavy (non-hydrogen) atoms. The number of nitrogens with one attached hydrogen (secondary N) is 1. The highest BCUT2D eigenvalue weighted by Gasteiger charge is 2.30. The van der Waals surface area contributed by atoms with Crippen LogP contribution in [0.25, 0.3) is 10.9 Å². The molecule has 0 saturated carbocycles. The van der Waals surface area contributed by atoms with Crippen LogP contribution in [0, 0.1) is 0 Å². The summed E-state index contributed by atoms with van der Waals surface area (Å²) in [7, 11) is 2.19. The summed E-state index contributed by atoms with van der Waals surface area (Å²) in [4.78, 5) is 14.8. The van der Waals surface area contributed by atoms with Crippen LogP contribution in [-0.4, -0.2) is 30.9 Å². The van der Waals surface area contributed by atoms with Crippen LogP contribution >= 0.6 is 15.9 Å². The van der Waals surface area contributed by atoms with Crippen LogP contribution in [0.15, 0.2) is 40.9 Å². The van der Waals surface area contributed by atoms with Gasteiger partial charge in [-0.2, -0.15) is 0 Å². The van der Waals surface area contributed by atoms with Gasteiger partial charge in [0.15, 0.2) is 11.5 Å². The minimum Gasteiger partial charge on any atom is -1.00 e. The molecule has 1 unspecified atom stereocenters. The fourth-order valence-electron chi connectivity index (χ4n) is 3.96. The van der Waals surface area contributed by atoms with Crippen molar-refractivity contribution in [2.24, 2.45) is 0 Å². The second-order valence-corrected chi connectivity index (χ2v) is 7.85. The zero-order valence-corrected chi connectivity index (χ0v) is 17.1. The Balaban J connectivity index is 0.00000180. The van der Waals surface area contributed by atoms with Gasteiger partial charge in [0.2, 0.25) is 6.79 Å². The highest BCUT2D eigenvalue weighted by atomic mass is 79.9. The van der Waals surface area contributed by atoms with E-state index in [-0.39, 0.29) is 25.1 Å². The number of carbonyl (C=O) groups is 1. The molecule has 0 amide bonds. The van der Waals surface area contributed by atoms with Crippen molar-refractivity contribution >= 4 is 32.7 Å². The van der Waals surface area contributed by atoms with E-state index in [0.717, 1.165) is 46.3 Å². The normalized spacial score (nSPS) is 17.5. The number of aromatic nitrogens is 1. The lowest BCUT2D eigenvalue weighted by atomic mass is 10.0. The first kappa shape index (κ1) is 18.3. The Morgan fingerprint density at radius 2 is 1.96 bits per heavy atom. The molecule has 140 valence electrons. The van der Waals surface area contributed by atoms with Gasteiger partial charge in [0.1, 0.15) is 6.54 Å². The third-order valence-electron chi connectivity index (χ3n) is 5.22. The van der Waals surface area contributed by atoms with Gasteiger partial charge in [0, 0.05) is 39.2 Å². The van der Waals surface area contributed by atoms with Crippen LogP contribution in [0.3, 0.4) is 0 Å². The lowest BCUT2D eigenvalue weighted by molar-refractivity contribution is -0.895.